The van der Waals surface area contributed by atoms with Gasteiger partial charge in [0.25, 0.3) is 0 Å². The summed E-state index contributed by atoms with van der Waals surface area (Å²) in [6.45, 7) is 10.6. The highest BCUT2D eigenvalue weighted by Crippen LogP contribution is 2.00. The summed E-state index contributed by atoms with van der Waals surface area (Å²) in [6, 6.07) is -0.340. The minimum atomic E-state index is -3.04. The average molecular weight is 278 g/mol. The van der Waals surface area contributed by atoms with Gasteiger partial charge >= 0.3 is 0 Å². The number of carbonyl (C=O) groups is 1. The third-order valence-electron chi connectivity index (χ3n) is 3.00. The van der Waals surface area contributed by atoms with E-state index in [9.17, 15) is 13.2 Å². The van der Waals surface area contributed by atoms with Crippen LogP contribution in [0.2, 0.25) is 0 Å². The monoisotopic (exact) mass is 278 g/mol. The molecule has 18 heavy (non-hydrogen) atoms. The van der Waals surface area contributed by atoms with Crippen LogP contribution in [0.25, 0.3) is 0 Å². The molecule has 0 heterocycles. The molecule has 1 atom stereocenters. The van der Waals surface area contributed by atoms with Crippen molar-refractivity contribution in [3.63, 3.8) is 0 Å². The summed E-state index contributed by atoms with van der Waals surface area (Å²) in [6.07, 6.45) is 0. The molecule has 0 radical (unpaired) electrons. The largest absolute Gasteiger partial charge is 0.342 e. The number of hydrogen-bond donors (Lipinski definition) is 1. The molecule has 0 fully saturated rings. The molecule has 0 saturated heterocycles. The molecule has 108 valence electrons. The number of likely N-dealkylation sites (N-methyl/N-ethyl adjacent to an activating group) is 1. The molecule has 0 spiro atoms. The molecule has 0 rings (SSSR count). The van der Waals surface area contributed by atoms with Crippen molar-refractivity contribution < 1.29 is 13.2 Å². The van der Waals surface area contributed by atoms with Crippen LogP contribution < -0.4 is 5.32 Å². The Morgan fingerprint density at radius 2 is 1.67 bits per heavy atom. The van der Waals surface area contributed by atoms with Gasteiger partial charge in [0.1, 0.15) is 0 Å². The van der Waals surface area contributed by atoms with Crippen molar-refractivity contribution >= 4 is 15.7 Å². The van der Waals surface area contributed by atoms with Crippen LogP contribution >= 0.6 is 0 Å². The van der Waals surface area contributed by atoms with Crippen LogP contribution in [0.1, 0.15) is 34.6 Å². The van der Waals surface area contributed by atoms with E-state index in [4.69, 9.17) is 0 Å². The molecule has 0 aliphatic heterocycles. The van der Waals surface area contributed by atoms with Crippen molar-refractivity contribution in [2.45, 2.75) is 45.9 Å². The molecule has 1 amide bonds. The van der Waals surface area contributed by atoms with Gasteiger partial charge in [-0.1, -0.05) is 0 Å². The van der Waals surface area contributed by atoms with Gasteiger partial charge in [-0.3, -0.25) is 4.79 Å². The van der Waals surface area contributed by atoms with Gasteiger partial charge in [-0.05, 0) is 34.6 Å². The fourth-order valence-corrected chi connectivity index (χ4v) is 2.42. The number of nitrogens with zero attached hydrogens (tertiary/aromatic N) is 1. The second kappa shape index (κ2) is 7.74. The lowest BCUT2D eigenvalue weighted by Gasteiger charge is -2.23. The highest BCUT2D eigenvalue weighted by molar-refractivity contribution is 7.92. The van der Waals surface area contributed by atoms with Crippen LogP contribution in [0.5, 0.6) is 0 Å². The van der Waals surface area contributed by atoms with E-state index in [0.717, 1.165) is 0 Å². The molecule has 0 aliphatic carbocycles. The third-order valence-corrected chi connectivity index (χ3v) is 5.21. The molecule has 0 aliphatic rings. The summed E-state index contributed by atoms with van der Waals surface area (Å²) in [5.74, 6) is 0.0857. The highest BCUT2D eigenvalue weighted by atomic mass is 32.2. The first-order chi connectivity index (χ1) is 8.26. The van der Waals surface area contributed by atoms with Crippen LogP contribution in [-0.2, 0) is 14.6 Å². The maximum Gasteiger partial charge on any atom is 0.239 e. The van der Waals surface area contributed by atoms with Gasteiger partial charge in [-0.2, -0.15) is 0 Å². The Balaban J connectivity index is 4.20. The van der Waals surface area contributed by atoms with E-state index in [1.807, 2.05) is 13.8 Å². The van der Waals surface area contributed by atoms with Crippen LogP contribution in [0.15, 0.2) is 0 Å². The number of hydrogen-bond acceptors (Lipinski definition) is 4. The zero-order chi connectivity index (χ0) is 14.3. The number of amides is 1. The first kappa shape index (κ1) is 17.4. The predicted molar refractivity (Wildman–Crippen MR) is 74.3 cm³/mol. The van der Waals surface area contributed by atoms with Crippen LogP contribution in [0, 0.1) is 0 Å². The molecule has 0 aromatic rings. The molecule has 0 aromatic heterocycles. The Morgan fingerprint density at radius 1 is 1.17 bits per heavy atom. The van der Waals surface area contributed by atoms with Crippen molar-refractivity contribution in [3.8, 4) is 0 Å². The fraction of sp³-hybridized carbons (Fsp3) is 0.917. The third kappa shape index (κ3) is 5.35. The quantitative estimate of drug-likeness (QED) is 0.708. The number of nitrogens with one attached hydrogen (secondary N) is 1. The molecule has 5 nitrogen and oxygen atoms in total. The Labute approximate surface area is 111 Å². The van der Waals surface area contributed by atoms with E-state index in [1.54, 1.807) is 25.7 Å². The molecule has 1 N–H and O–H groups in total. The summed E-state index contributed by atoms with van der Waals surface area (Å²) in [5.41, 5.74) is 0. The smallest absolute Gasteiger partial charge is 0.239 e. The van der Waals surface area contributed by atoms with Crippen molar-refractivity contribution in [2.24, 2.45) is 0 Å². The number of carbonyl (C=O) groups excluding carboxylic acids is 1. The fourth-order valence-electron chi connectivity index (χ4n) is 1.55. The van der Waals surface area contributed by atoms with E-state index in [1.165, 1.54) is 0 Å². The van der Waals surface area contributed by atoms with Crippen molar-refractivity contribution in [1.82, 2.24) is 10.2 Å². The number of rotatable bonds is 8. The Bertz CT molecular complexity index is 348. The highest BCUT2D eigenvalue weighted by Gasteiger charge is 2.19. The van der Waals surface area contributed by atoms with E-state index in [-0.39, 0.29) is 23.0 Å². The normalized spacial score (nSPS) is 13.7. The van der Waals surface area contributed by atoms with Gasteiger partial charge in [0.2, 0.25) is 5.91 Å². The second-order valence-electron chi connectivity index (χ2n) is 4.60. The predicted octanol–water partition coefficient (Wildman–Crippen LogP) is 0.656. The van der Waals surface area contributed by atoms with Crippen LogP contribution in [-0.4, -0.2) is 55.9 Å². The molecule has 0 saturated carbocycles. The summed E-state index contributed by atoms with van der Waals surface area (Å²) < 4.78 is 23.2. The average Bonchev–Trinajstić information content (AvgIpc) is 2.29. The summed E-state index contributed by atoms with van der Waals surface area (Å²) >= 11 is 0. The number of sulfone groups is 1. The van der Waals surface area contributed by atoms with E-state index in [2.05, 4.69) is 5.32 Å². The summed E-state index contributed by atoms with van der Waals surface area (Å²) in [7, 11) is -3.04. The lowest BCUT2D eigenvalue weighted by atomic mass is 10.3. The lowest BCUT2D eigenvalue weighted by molar-refractivity contribution is -0.132. The molecule has 0 aromatic carbocycles. The molecule has 6 heteroatoms. The Hall–Kier alpha value is -0.620. The van der Waals surface area contributed by atoms with Gasteiger partial charge in [-0.15, -0.1) is 0 Å². The zero-order valence-electron chi connectivity index (χ0n) is 12.1. The molecular formula is C12H26N2O3S. The zero-order valence-corrected chi connectivity index (χ0v) is 12.9. The first-order valence-electron chi connectivity index (χ1n) is 6.50. The van der Waals surface area contributed by atoms with Crippen molar-refractivity contribution in [1.29, 1.82) is 0 Å². The lowest BCUT2D eigenvalue weighted by Crippen LogP contribution is -2.46. The Morgan fingerprint density at radius 3 is 2.06 bits per heavy atom. The molecule has 0 bridgehead atoms. The standard InChI is InChI=1S/C12H26N2O3S/c1-6-14(7-2)12(15)11(5)13-8-9-18(16,17)10(3)4/h10-11,13H,6-9H2,1-5H3. The van der Waals surface area contributed by atoms with Gasteiger partial charge in [-0.25, -0.2) is 8.42 Å². The maximum absolute atomic E-state index is 11.9. The van der Waals surface area contributed by atoms with Gasteiger partial charge in [0.15, 0.2) is 9.84 Å². The topological polar surface area (TPSA) is 66.5 Å². The van der Waals surface area contributed by atoms with Crippen molar-refractivity contribution in [3.05, 3.63) is 0 Å². The minimum absolute atomic E-state index is 0.0157. The van der Waals surface area contributed by atoms with E-state index in [0.29, 0.717) is 19.6 Å². The second-order valence-corrected chi connectivity index (χ2v) is 7.28. The first-order valence-corrected chi connectivity index (χ1v) is 8.21. The van der Waals surface area contributed by atoms with E-state index >= 15 is 0 Å². The Kier molecular flexibility index (Phi) is 7.47. The SMILES string of the molecule is CCN(CC)C(=O)C(C)NCCS(=O)(=O)C(C)C. The molecule has 1 unspecified atom stereocenters. The van der Waals surface area contributed by atoms with Crippen molar-refractivity contribution in [2.75, 3.05) is 25.4 Å². The van der Waals surface area contributed by atoms with Gasteiger partial charge in [0.05, 0.1) is 17.0 Å². The van der Waals surface area contributed by atoms with Crippen LogP contribution in [0.4, 0.5) is 0 Å². The van der Waals surface area contributed by atoms with Gasteiger partial charge in [0, 0.05) is 19.6 Å². The minimum Gasteiger partial charge on any atom is -0.342 e. The summed E-state index contributed by atoms with van der Waals surface area (Å²) in [4.78, 5) is 13.6. The summed E-state index contributed by atoms with van der Waals surface area (Å²) in [5, 5.41) is 2.60. The van der Waals surface area contributed by atoms with E-state index < -0.39 is 9.84 Å². The van der Waals surface area contributed by atoms with Crippen LogP contribution in [0.3, 0.4) is 0 Å². The van der Waals surface area contributed by atoms with Gasteiger partial charge < -0.3 is 10.2 Å². The molecular weight excluding hydrogens is 252 g/mol. The maximum atomic E-state index is 11.9.